The molecule has 0 spiro atoms. The van der Waals surface area contributed by atoms with Gasteiger partial charge in [-0.2, -0.15) is 0 Å². The minimum atomic E-state index is 0.131. The topological polar surface area (TPSA) is 26.0 Å². The van der Waals surface area contributed by atoms with Gasteiger partial charge in [0.25, 0.3) is 0 Å². The van der Waals surface area contributed by atoms with E-state index in [9.17, 15) is 0 Å². The quantitative estimate of drug-likeness (QED) is 0.877. The maximum absolute atomic E-state index is 6.21. The van der Waals surface area contributed by atoms with Crippen LogP contribution in [0.15, 0.2) is 15.9 Å². The van der Waals surface area contributed by atoms with Crippen molar-refractivity contribution in [2.75, 3.05) is 0 Å². The van der Waals surface area contributed by atoms with Gasteiger partial charge < -0.3 is 5.73 Å². The van der Waals surface area contributed by atoms with Gasteiger partial charge in [0.05, 0.1) is 0 Å². The number of hydrogen-bond donors (Lipinski definition) is 1. The van der Waals surface area contributed by atoms with E-state index < -0.39 is 0 Å². The van der Waals surface area contributed by atoms with Gasteiger partial charge in [0.2, 0.25) is 0 Å². The highest BCUT2D eigenvalue weighted by Crippen LogP contribution is 2.39. The first-order valence-electron chi connectivity index (χ1n) is 4.47. The van der Waals surface area contributed by atoms with Gasteiger partial charge in [0.15, 0.2) is 0 Å². The highest BCUT2D eigenvalue weighted by atomic mass is 79.9. The molecule has 1 aromatic rings. The Bertz CT molecular complexity index is 280. The second kappa shape index (κ2) is 4.11. The number of rotatable bonds is 3. The van der Waals surface area contributed by atoms with Gasteiger partial charge in [-0.1, -0.05) is 20.8 Å². The largest absolute Gasteiger partial charge is 0.323 e. The highest BCUT2D eigenvalue weighted by Gasteiger charge is 2.27. The standard InChI is InChI=1S/C10H16BrNS/c1-4-10(2,3)9(12)8-7(11)5-6-13-8/h5-6,9H,4,12H2,1-3H3. The molecular formula is C10H16BrNS. The molecule has 2 N–H and O–H groups in total. The Morgan fingerprint density at radius 3 is 2.62 bits per heavy atom. The SMILES string of the molecule is CCC(C)(C)C(N)c1sccc1Br. The molecule has 0 aliphatic carbocycles. The van der Waals surface area contributed by atoms with Gasteiger partial charge in [0.1, 0.15) is 0 Å². The van der Waals surface area contributed by atoms with Crippen LogP contribution in [0.3, 0.4) is 0 Å². The summed E-state index contributed by atoms with van der Waals surface area (Å²) in [7, 11) is 0. The molecule has 0 saturated carbocycles. The van der Waals surface area contributed by atoms with Crippen LogP contribution in [0.25, 0.3) is 0 Å². The van der Waals surface area contributed by atoms with Gasteiger partial charge in [-0.15, -0.1) is 11.3 Å². The van der Waals surface area contributed by atoms with Crippen LogP contribution in [0.4, 0.5) is 0 Å². The zero-order valence-electron chi connectivity index (χ0n) is 8.30. The summed E-state index contributed by atoms with van der Waals surface area (Å²) in [6, 6.07) is 2.19. The summed E-state index contributed by atoms with van der Waals surface area (Å²) in [4.78, 5) is 1.26. The Labute approximate surface area is 92.5 Å². The number of hydrogen-bond acceptors (Lipinski definition) is 2. The molecule has 0 aromatic carbocycles. The predicted molar refractivity (Wildman–Crippen MR) is 63.0 cm³/mol. The third kappa shape index (κ3) is 2.33. The summed E-state index contributed by atoms with van der Waals surface area (Å²) in [5.74, 6) is 0. The van der Waals surface area contributed by atoms with Gasteiger partial charge in [-0.05, 0) is 39.2 Å². The Morgan fingerprint density at radius 1 is 1.62 bits per heavy atom. The van der Waals surface area contributed by atoms with E-state index in [1.165, 1.54) is 4.88 Å². The fraction of sp³-hybridized carbons (Fsp3) is 0.600. The van der Waals surface area contributed by atoms with Crippen LogP contribution in [0.2, 0.25) is 0 Å². The molecule has 1 heterocycles. The molecule has 1 nitrogen and oxygen atoms in total. The highest BCUT2D eigenvalue weighted by molar-refractivity contribution is 9.10. The third-order valence-corrected chi connectivity index (χ3v) is 4.63. The lowest BCUT2D eigenvalue weighted by molar-refractivity contribution is 0.281. The molecule has 1 unspecified atom stereocenters. The summed E-state index contributed by atoms with van der Waals surface area (Å²) in [5.41, 5.74) is 6.38. The lowest BCUT2D eigenvalue weighted by atomic mass is 9.82. The van der Waals surface area contributed by atoms with Crippen molar-refractivity contribution in [2.45, 2.75) is 33.2 Å². The molecule has 0 aliphatic rings. The minimum absolute atomic E-state index is 0.131. The molecular weight excluding hydrogens is 246 g/mol. The van der Waals surface area contributed by atoms with Crippen LogP contribution < -0.4 is 5.73 Å². The average Bonchev–Trinajstić information content (AvgIpc) is 2.50. The Hall–Kier alpha value is 0.140. The maximum atomic E-state index is 6.21. The zero-order valence-corrected chi connectivity index (χ0v) is 10.7. The van der Waals surface area contributed by atoms with Gasteiger partial charge >= 0.3 is 0 Å². The molecule has 0 fully saturated rings. The van der Waals surface area contributed by atoms with Gasteiger partial charge in [0, 0.05) is 15.4 Å². The van der Waals surface area contributed by atoms with Crippen molar-refractivity contribution in [3.8, 4) is 0 Å². The molecule has 1 aromatic heterocycles. The van der Waals surface area contributed by atoms with Crippen molar-refractivity contribution in [1.29, 1.82) is 0 Å². The molecule has 13 heavy (non-hydrogen) atoms. The van der Waals surface area contributed by atoms with Crippen LogP contribution in [0, 0.1) is 5.41 Å². The van der Waals surface area contributed by atoms with Crippen molar-refractivity contribution in [3.63, 3.8) is 0 Å². The maximum Gasteiger partial charge on any atom is 0.0452 e. The molecule has 1 atom stereocenters. The van der Waals surface area contributed by atoms with Gasteiger partial charge in [-0.25, -0.2) is 0 Å². The first-order chi connectivity index (χ1) is 5.99. The van der Waals surface area contributed by atoms with Crippen molar-refractivity contribution in [2.24, 2.45) is 11.1 Å². The second-order valence-electron chi connectivity index (χ2n) is 3.95. The molecule has 3 heteroatoms. The smallest absolute Gasteiger partial charge is 0.0452 e. The monoisotopic (exact) mass is 261 g/mol. The van der Waals surface area contributed by atoms with Crippen molar-refractivity contribution in [1.82, 2.24) is 0 Å². The van der Waals surface area contributed by atoms with Gasteiger partial charge in [-0.3, -0.25) is 0 Å². The predicted octanol–water partition coefficient (Wildman–Crippen LogP) is 3.95. The normalized spacial score (nSPS) is 14.5. The van der Waals surface area contributed by atoms with Crippen molar-refractivity contribution >= 4 is 27.3 Å². The first-order valence-corrected chi connectivity index (χ1v) is 6.14. The minimum Gasteiger partial charge on any atom is -0.323 e. The number of thiophene rings is 1. The van der Waals surface area contributed by atoms with Crippen LogP contribution in [0.1, 0.15) is 38.1 Å². The third-order valence-electron chi connectivity index (χ3n) is 2.68. The van der Waals surface area contributed by atoms with E-state index in [1.807, 2.05) is 0 Å². The molecule has 0 amide bonds. The summed E-state index contributed by atoms with van der Waals surface area (Å²) >= 11 is 5.25. The van der Waals surface area contributed by atoms with E-state index >= 15 is 0 Å². The summed E-state index contributed by atoms with van der Waals surface area (Å²) < 4.78 is 1.14. The van der Waals surface area contributed by atoms with Crippen molar-refractivity contribution in [3.05, 3.63) is 20.8 Å². The van der Waals surface area contributed by atoms with Crippen LogP contribution in [0.5, 0.6) is 0 Å². The lowest BCUT2D eigenvalue weighted by Crippen LogP contribution is -2.27. The van der Waals surface area contributed by atoms with Crippen molar-refractivity contribution < 1.29 is 0 Å². The van der Waals surface area contributed by atoms with E-state index in [1.54, 1.807) is 11.3 Å². The fourth-order valence-corrected chi connectivity index (χ4v) is 2.93. The Kier molecular flexibility index (Phi) is 3.55. The molecule has 74 valence electrons. The Morgan fingerprint density at radius 2 is 2.23 bits per heavy atom. The molecule has 0 radical (unpaired) electrons. The first kappa shape index (κ1) is 11.2. The Balaban J connectivity index is 2.91. The van der Waals surface area contributed by atoms with E-state index in [0.29, 0.717) is 0 Å². The van der Waals surface area contributed by atoms with E-state index in [4.69, 9.17) is 5.73 Å². The number of halogens is 1. The fourth-order valence-electron chi connectivity index (χ4n) is 1.10. The summed E-state index contributed by atoms with van der Waals surface area (Å²) in [6.07, 6.45) is 1.10. The molecule has 0 aliphatic heterocycles. The summed E-state index contributed by atoms with van der Waals surface area (Å²) in [6.45, 7) is 6.61. The van der Waals surface area contributed by atoms with E-state index in [0.717, 1.165) is 10.9 Å². The van der Waals surface area contributed by atoms with Crippen LogP contribution in [-0.2, 0) is 0 Å². The number of nitrogens with two attached hydrogens (primary N) is 1. The molecule has 1 rings (SSSR count). The second-order valence-corrected chi connectivity index (χ2v) is 5.75. The summed E-state index contributed by atoms with van der Waals surface area (Å²) in [5, 5.41) is 2.07. The van der Waals surface area contributed by atoms with E-state index in [-0.39, 0.29) is 11.5 Å². The van der Waals surface area contributed by atoms with E-state index in [2.05, 4.69) is 48.1 Å². The van der Waals surface area contributed by atoms with Crippen LogP contribution in [-0.4, -0.2) is 0 Å². The molecule has 0 bridgehead atoms. The zero-order chi connectivity index (χ0) is 10.1. The average molecular weight is 262 g/mol. The lowest BCUT2D eigenvalue weighted by Gasteiger charge is -2.29. The molecule has 0 saturated heterocycles. The van der Waals surface area contributed by atoms with Crippen LogP contribution >= 0.6 is 27.3 Å².